The monoisotopic (exact) mass is 397 g/mol. The maximum absolute atomic E-state index is 6.00. The van der Waals surface area contributed by atoms with Crippen molar-refractivity contribution in [2.75, 3.05) is 19.7 Å². The lowest BCUT2D eigenvalue weighted by molar-refractivity contribution is 0.0277. The van der Waals surface area contributed by atoms with Crippen LogP contribution in [0.25, 0.3) is 0 Å². The van der Waals surface area contributed by atoms with Gasteiger partial charge in [0.15, 0.2) is 5.96 Å². The van der Waals surface area contributed by atoms with Crippen LogP contribution in [-0.2, 0) is 17.8 Å². The smallest absolute Gasteiger partial charge is 0.191 e. The molecule has 0 radical (unpaired) electrons. The van der Waals surface area contributed by atoms with Crippen molar-refractivity contribution in [1.29, 1.82) is 0 Å². The van der Waals surface area contributed by atoms with Crippen molar-refractivity contribution in [2.45, 2.75) is 64.6 Å². The quantitative estimate of drug-likeness (QED) is 0.364. The first-order chi connectivity index (χ1) is 14.3. The fourth-order valence-corrected chi connectivity index (χ4v) is 3.69. The van der Waals surface area contributed by atoms with Gasteiger partial charge in [-0.15, -0.1) is 0 Å². The van der Waals surface area contributed by atoms with Crippen molar-refractivity contribution in [3.8, 4) is 0 Å². The number of hydrogen-bond acceptors (Lipinski definition) is 3. The molecule has 1 fully saturated rings. The predicted octanol–water partition coefficient (Wildman–Crippen LogP) is 3.73. The van der Waals surface area contributed by atoms with Gasteiger partial charge in [0.2, 0.25) is 0 Å². The van der Waals surface area contributed by atoms with Crippen LogP contribution in [0.1, 0.15) is 56.6 Å². The van der Waals surface area contributed by atoms with Crippen LogP contribution in [-0.4, -0.2) is 41.3 Å². The Kier molecular flexibility index (Phi) is 9.04. The van der Waals surface area contributed by atoms with E-state index in [1.807, 2.05) is 18.7 Å². The molecule has 29 heavy (non-hydrogen) atoms. The van der Waals surface area contributed by atoms with Crippen molar-refractivity contribution in [1.82, 2.24) is 20.2 Å². The normalized spacial score (nSPS) is 15.4. The number of guanidine groups is 1. The maximum atomic E-state index is 6.00. The van der Waals surface area contributed by atoms with Gasteiger partial charge in [-0.25, -0.2) is 9.98 Å². The fraction of sp³-hybridized carbons (Fsp3) is 0.565. The zero-order valence-electron chi connectivity index (χ0n) is 17.6. The molecule has 1 aromatic heterocycles. The molecule has 0 atom stereocenters. The van der Waals surface area contributed by atoms with E-state index in [0.29, 0.717) is 12.6 Å². The minimum absolute atomic E-state index is 0.486. The summed E-state index contributed by atoms with van der Waals surface area (Å²) < 4.78 is 8.08. The zero-order valence-corrected chi connectivity index (χ0v) is 17.6. The van der Waals surface area contributed by atoms with Crippen LogP contribution < -0.4 is 10.6 Å². The van der Waals surface area contributed by atoms with E-state index in [-0.39, 0.29) is 0 Å². The molecular formula is C23H35N5O. The molecule has 3 rings (SSSR count). The molecule has 0 amide bonds. The number of nitrogens with zero attached hydrogens (tertiary/aromatic N) is 3. The molecule has 1 aliphatic rings. The van der Waals surface area contributed by atoms with Gasteiger partial charge >= 0.3 is 0 Å². The number of aromatic nitrogens is 2. The summed E-state index contributed by atoms with van der Waals surface area (Å²) in [4.78, 5) is 8.85. The largest absolute Gasteiger partial charge is 0.378 e. The van der Waals surface area contributed by atoms with Crippen molar-refractivity contribution >= 4 is 5.96 Å². The maximum Gasteiger partial charge on any atom is 0.191 e. The number of rotatable bonds is 10. The molecule has 0 unspecified atom stereocenters. The van der Waals surface area contributed by atoms with Crippen LogP contribution in [0.4, 0.5) is 0 Å². The second kappa shape index (κ2) is 12.3. The summed E-state index contributed by atoms with van der Waals surface area (Å²) in [5.41, 5.74) is 2.47. The van der Waals surface area contributed by atoms with Crippen molar-refractivity contribution in [3.63, 3.8) is 0 Å². The van der Waals surface area contributed by atoms with Crippen LogP contribution >= 0.6 is 0 Å². The van der Waals surface area contributed by atoms with Crippen LogP contribution in [0.3, 0.4) is 0 Å². The third kappa shape index (κ3) is 7.89. The Labute approximate surface area is 174 Å². The first-order valence-electron chi connectivity index (χ1n) is 11.0. The second-order valence-corrected chi connectivity index (χ2v) is 7.66. The number of hydrogen-bond donors (Lipinski definition) is 2. The van der Waals surface area contributed by atoms with Gasteiger partial charge in [0.1, 0.15) is 0 Å². The number of imidazole rings is 1. The van der Waals surface area contributed by atoms with Gasteiger partial charge in [-0.3, -0.25) is 0 Å². The Hall–Kier alpha value is -2.34. The highest BCUT2D eigenvalue weighted by molar-refractivity contribution is 5.79. The first-order valence-corrected chi connectivity index (χ1v) is 11.0. The highest BCUT2D eigenvalue weighted by Gasteiger charge is 2.12. The molecule has 1 saturated carbocycles. The summed E-state index contributed by atoms with van der Waals surface area (Å²) in [6, 6.07) is 8.58. The van der Waals surface area contributed by atoms with Gasteiger partial charge in [0, 0.05) is 38.6 Å². The van der Waals surface area contributed by atoms with E-state index in [1.165, 1.54) is 43.2 Å². The summed E-state index contributed by atoms with van der Waals surface area (Å²) >= 11 is 0. The molecule has 1 aliphatic carbocycles. The van der Waals surface area contributed by atoms with Crippen LogP contribution in [0.2, 0.25) is 0 Å². The molecule has 0 aliphatic heterocycles. The van der Waals surface area contributed by atoms with Gasteiger partial charge in [0.25, 0.3) is 0 Å². The number of ether oxygens (including phenoxy) is 1. The van der Waals surface area contributed by atoms with Gasteiger partial charge in [-0.2, -0.15) is 0 Å². The Balaban J connectivity index is 1.42. The van der Waals surface area contributed by atoms with E-state index < -0.39 is 0 Å². The molecule has 1 aromatic carbocycles. The van der Waals surface area contributed by atoms with Gasteiger partial charge in [0.05, 0.1) is 19.0 Å². The highest BCUT2D eigenvalue weighted by atomic mass is 16.5. The van der Waals surface area contributed by atoms with Gasteiger partial charge in [-0.05, 0) is 37.3 Å². The molecule has 6 heteroatoms. The van der Waals surface area contributed by atoms with E-state index in [1.54, 1.807) is 0 Å². The van der Waals surface area contributed by atoms with E-state index in [0.717, 1.165) is 38.6 Å². The minimum Gasteiger partial charge on any atom is -0.378 e. The Morgan fingerprint density at radius 3 is 2.86 bits per heavy atom. The summed E-state index contributed by atoms with van der Waals surface area (Å²) in [5, 5.41) is 6.76. The lowest BCUT2D eigenvalue weighted by Gasteiger charge is -2.22. The molecular weight excluding hydrogens is 362 g/mol. The Morgan fingerprint density at radius 2 is 2.07 bits per heavy atom. The fourth-order valence-electron chi connectivity index (χ4n) is 3.69. The molecule has 158 valence electrons. The number of benzene rings is 1. The highest BCUT2D eigenvalue weighted by Crippen LogP contribution is 2.20. The van der Waals surface area contributed by atoms with E-state index in [9.17, 15) is 0 Å². The third-order valence-electron chi connectivity index (χ3n) is 5.20. The SMILES string of the molecule is CCNC(=NCc1cccc(Cn2ccnc2)c1)NCCCOC1CCCCC1. The van der Waals surface area contributed by atoms with Crippen LogP contribution in [0.5, 0.6) is 0 Å². The molecule has 0 spiro atoms. The number of aliphatic imine (C=N–C) groups is 1. The Bertz CT molecular complexity index is 723. The Morgan fingerprint density at radius 1 is 1.21 bits per heavy atom. The van der Waals surface area contributed by atoms with Gasteiger partial charge < -0.3 is 19.9 Å². The summed E-state index contributed by atoms with van der Waals surface area (Å²) in [6.45, 7) is 6.13. The van der Waals surface area contributed by atoms with Crippen LogP contribution in [0, 0.1) is 0 Å². The molecule has 2 N–H and O–H groups in total. The lowest BCUT2D eigenvalue weighted by Crippen LogP contribution is -2.38. The van der Waals surface area contributed by atoms with Crippen molar-refractivity contribution < 1.29 is 4.74 Å². The standard InChI is InChI=1S/C23H35N5O/c1-2-25-23(26-12-7-15-29-22-10-4-3-5-11-22)27-17-20-8-6-9-21(16-20)18-28-14-13-24-19-28/h6,8-9,13-14,16,19,22H,2-5,7,10-12,15,17-18H2,1H3,(H2,25,26,27). The van der Waals surface area contributed by atoms with Crippen molar-refractivity contribution in [3.05, 3.63) is 54.1 Å². The van der Waals surface area contributed by atoms with Crippen molar-refractivity contribution in [2.24, 2.45) is 4.99 Å². The molecule has 0 saturated heterocycles. The number of nitrogens with one attached hydrogen (secondary N) is 2. The summed E-state index contributed by atoms with van der Waals surface area (Å²) in [6.07, 6.45) is 13.6. The molecule has 1 heterocycles. The van der Waals surface area contributed by atoms with Crippen LogP contribution in [0.15, 0.2) is 48.0 Å². The van der Waals surface area contributed by atoms with E-state index in [2.05, 4.69) is 51.4 Å². The second-order valence-electron chi connectivity index (χ2n) is 7.66. The third-order valence-corrected chi connectivity index (χ3v) is 5.20. The molecule has 6 nitrogen and oxygen atoms in total. The first kappa shape index (κ1) is 21.4. The van der Waals surface area contributed by atoms with E-state index in [4.69, 9.17) is 9.73 Å². The average Bonchev–Trinajstić information content (AvgIpc) is 3.26. The lowest BCUT2D eigenvalue weighted by atomic mass is 9.98. The molecule has 0 bridgehead atoms. The molecule has 2 aromatic rings. The predicted molar refractivity (Wildman–Crippen MR) is 118 cm³/mol. The zero-order chi connectivity index (χ0) is 20.2. The minimum atomic E-state index is 0.486. The van der Waals surface area contributed by atoms with Gasteiger partial charge in [-0.1, -0.05) is 43.5 Å². The summed E-state index contributed by atoms with van der Waals surface area (Å²) in [5.74, 6) is 0.866. The van der Waals surface area contributed by atoms with E-state index >= 15 is 0 Å². The summed E-state index contributed by atoms with van der Waals surface area (Å²) in [7, 11) is 0. The average molecular weight is 398 g/mol. The topological polar surface area (TPSA) is 63.5 Å².